The zero-order valence-corrected chi connectivity index (χ0v) is 12.7. The highest BCUT2D eigenvalue weighted by atomic mass is 16.3. The summed E-state index contributed by atoms with van der Waals surface area (Å²) >= 11 is 0. The number of hydrazine groups is 1. The molecule has 1 aromatic rings. The highest BCUT2D eigenvalue weighted by Gasteiger charge is 2.43. The molecule has 0 radical (unpaired) electrons. The Labute approximate surface area is 128 Å². The lowest BCUT2D eigenvalue weighted by molar-refractivity contribution is -0.129. The average molecular weight is 301 g/mol. The lowest BCUT2D eigenvalue weighted by Gasteiger charge is -2.18. The summed E-state index contributed by atoms with van der Waals surface area (Å²) in [6, 6.07) is 3.12. The number of hydrogen-bond donors (Lipinski definition) is 2. The maximum Gasteiger partial charge on any atom is 0.294 e. The van der Waals surface area contributed by atoms with Crippen molar-refractivity contribution < 1.29 is 9.90 Å². The van der Waals surface area contributed by atoms with Crippen LogP contribution >= 0.6 is 0 Å². The quantitative estimate of drug-likeness (QED) is 0.803. The summed E-state index contributed by atoms with van der Waals surface area (Å²) in [5, 5.41) is 13.2. The van der Waals surface area contributed by atoms with E-state index in [0.717, 1.165) is 13.0 Å². The number of phenolic OH excluding ortho intramolecular Hbond substituents is 1. The molecular formula is C15H19N5O2. The second-order valence-electron chi connectivity index (χ2n) is 5.36. The van der Waals surface area contributed by atoms with Gasteiger partial charge in [0.25, 0.3) is 5.91 Å². The van der Waals surface area contributed by atoms with Gasteiger partial charge in [-0.2, -0.15) is 0 Å². The summed E-state index contributed by atoms with van der Waals surface area (Å²) < 4.78 is 0. The smallest absolute Gasteiger partial charge is 0.294 e. The standard InChI is InChI=1S/C15H19N5O2/c1-3-17-14-13(15(22)20-6-4-5-19(14)20)18-11-7-9(2)12(21)8-10(11)16/h7-8,21H,3-6,16H2,1-2H3. The molecule has 0 atom stereocenters. The Hall–Kier alpha value is -2.57. The van der Waals surface area contributed by atoms with E-state index >= 15 is 0 Å². The van der Waals surface area contributed by atoms with Crippen LogP contribution in [0.2, 0.25) is 0 Å². The Kier molecular flexibility index (Phi) is 3.48. The fourth-order valence-electron chi connectivity index (χ4n) is 2.70. The number of carbonyl (C=O) groups excluding carboxylic acids is 1. The molecule has 0 aliphatic carbocycles. The molecule has 7 nitrogen and oxygen atoms in total. The molecule has 2 aliphatic rings. The van der Waals surface area contributed by atoms with Crippen molar-refractivity contribution in [3.8, 4) is 5.75 Å². The van der Waals surface area contributed by atoms with Gasteiger partial charge in [-0.05, 0) is 31.9 Å². The van der Waals surface area contributed by atoms with E-state index in [1.54, 1.807) is 18.0 Å². The summed E-state index contributed by atoms with van der Waals surface area (Å²) in [5.41, 5.74) is 7.69. The predicted octanol–water partition coefficient (Wildman–Crippen LogP) is 1.24. The fourth-order valence-corrected chi connectivity index (χ4v) is 2.70. The van der Waals surface area contributed by atoms with Gasteiger partial charge in [0, 0.05) is 25.7 Å². The van der Waals surface area contributed by atoms with Crippen LogP contribution in [-0.2, 0) is 4.79 Å². The lowest BCUT2D eigenvalue weighted by Crippen LogP contribution is -2.34. The van der Waals surface area contributed by atoms with Crippen molar-refractivity contribution >= 4 is 28.8 Å². The third kappa shape index (κ3) is 2.18. The van der Waals surface area contributed by atoms with Crippen LogP contribution in [0.15, 0.2) is 22.1 Å². The number of anilines is 1. The van der Waals surface area contributed by atoms with Gasteiger partial charge in [-0.1, -0.05) is 0 Å². The predicted molar refractivity (Wildman–Crippen MR) is 85.4 cm³/mol. The summed E-state index contributed by atoms with van der Waals surface area (Å²) in [6.07, 6.45) is 0.933. The SMILES string of the molecule is CCN=C1C(=Nc2cc(C)c(O)cc2N)C(=O)N2CCCN12. The monoisotopic (exact) mass is 301 g/mol. The number of amidine groups is 1. The van der Waals surface area contributed by atoms with Gasteiger partial charge in [0.05, 0.1) is 11.4 Å². The number of hydrogen-bond acceptors (Lipinski definition) is 5. The van der Waals surface area contributed by atoms with Crippen molar-refractivity contribution in [3.63, 3.8) is 0 Å². The van der Waals surface area contributed by atoms with Crippen molar-refractivity contribution in [3.05, 3.63) is 17.7 Å². The molecule has 1 aromatic carbocycles. The van der Waals surface area contributed by atoms with Crippen LogP contribution in [0.1, 0.15) is 18.9 Å². The number of aromatic hydroxyl groups is 1. The number of nitrogen functional groups attached to an aromatic ring is 1. The maximum absolute atomic E-state index is 12.5. The number of benzene rings is 1. The number of aliphatic imine (C=N–C) groups is 2. The van der Waals surface area contributed by atoms with Crippen molar-refractivity contribution in [2.75, 3.05) is 25.4 Å². The second kappa shape index (κ2) is 5.32. The number of rotatable bonds is 2. The van der Waals surface area contributed by atoms with Crippen molar-refractivity contribution in [1.82, 2.24) is 10.0 Å². The molecule has 116 valence electrons. The molecule has 0 spiro atoms. The second-order valence-corrected chi connectivity index (χ2v) is 5.36. The highest BCUT2D eigenvalue weighted by molar-refractivity contribution is 6.69. The maximum atomic E-state index is 12.5. The average Bonchev–Trinajstić information content (AvgIpc) is 3.03. The number of nitrogens with zero attached hydrogens (tertiary/aromatic N) is 4. The Balaban J connectivity index is 2.08. The summed E-state index contributed by atoms with van der Waals surface area (Å²) in [6.45, 7) is 5.72. The number of aryl methyl sites for hydroxylation is 1. The number of amides is 1. The zero-order chi connectivity index (χ0) is 15.9. The zero-order valence-electron chi connectivity index (χ0n) is 12.7. The molecule has 2 fully saturated rings. The molecule has 0 bridgehead atoms. The van der Waals surface area contributed by atoms with Crippen LogP contribution in [0.5, 0.6) is 5.75 Å². The van der Waals surface area contributed by atoms with Gasteiger partial charge in [-0.15, -0.1) is 0 Å². The van der Waals surface area contributed by atoms with E-state index in [0.29, 0.717) is 41.6 Å². The highest BCUT2D eigenvalue weighted by Crippen LogP contribution is 2.31. The third-order valence-corrected chi connectivity index (χ3v) is 3.81. The fraction of sp³-hybridized carbons (Fsp3) is 0.400. The molecule has 0 aromatic heterocycles. The number of phenols is 1. The first kappa shape index (κ1) is 14.4. The Morgan fingerprint density at radius 2 is 2.05 bits per heavy atom. The van der Waals surface area contributed by atoms with Crippen LogP contribution in [-0.4, -0.2) is 52.2 Å². The van der Waals surface area contributed by atoms with E-state index in [2.05, 4.69) is 9.98 Å². The molecular weight excluding hydrogens is 282 g/mol. The molecule has 7 heteroatoms. The largest absolute Gasteiger partial charge is 0.508 e. The molecule has 22 heavy (non-hydrogen) atoms. The molecule has 2 aliphatic heterocycles. The molecule has 0 unspecified atom stereocenters. The van der Waals surface area contributed by atoms with Gasteiger partial charge in [-0.25, -0.2) is 10.0 Å². The van der Waals surface area contributed by atoms with E-state index in [1.807, 2.05) is 11.9 Å². The van der Waals surface area contributed by atoms with Crippen molar-refractivity contribution in [2.45, 2.75) is 20.3 Å². The van der Waals surface area contributed by atoms with E-state index in [-0.39, 0.29) is 11.7 Å². The number of fused-ring (bicyclic) bond motifs is 1. The van der Waals surface area contributed by atoms with Gasteiger partial charge in [0.1, 0.15) is 5.75 Å². The normalized spacial score (nSPS) is 21.3. The molecule has 2 saturated heterocycles. The van der Waals surface area contributed by atoms with Crippen LogP contribution in [0.25, 0.3) is 0 Å². The molecule has 0 saturated carbocycles. The van der Waals surface area contributed by atoms with Gasteiger partial charge < -0.3 is 10.8 Å². The Morgan fingerprint density at radius 1 is 1.32 bits per heavy atom. The van der Waals surface area contributed by atoms with Gasteiger partial charge in [-0.3, -0.25) is 14.8 Å². The third-order valence-electron chi connectivity index (χ3n) is 3.81. The minimum Gasteiger partial charge on any atom is -0.508 e. The summed E-state index contributed by atoms with van der Waals surface area (Å²) in [7, 11) is 0. The molecule has 3 N–H and O–H groups in total. The minimum absolute atomic E-state index is 0.117. The van der Waals surface area contributed by atoms with Gasteiger partial charge in [0.15, 0.2) is 11.5 Å². The van der Waals surface area contributed by atoms with E-state index in [4.69, 9.17) is 5.73 Å². The summed E-state index contributed by atoms with van der Waals surface area (Å²) in [5.74, 6) is 0.580. The molecule has 1 amide bonds. The van der Waals surface area contributed by atoms with Gasteiger partial charge >= 0.3 is 0 Å². The van der Waals surface area contributed by atoms with E-state index in [1.165, 1.54) is 6.07 Å². The van der Waals surface area contributed by atoms with Crippen molar-refractivity contribution in [2.24, 2.45) is 9.98 Å². The molecule has 3 rings (SSSR count). The van der Waals surface area contributed by atoms with Crippen LogP contribution in [0.3, 0.4) is 0 Å². The van der Waals surface area contributed by atoms with Crippen molar-refractivity contribution in [1.29, 1.82) is 0 Å². The number of carbonyl (C=O) groups is 1. The summed E-state index contributed by atoms with van der Waals surface area (Å²) in [4.78, 5) is 21.4. The minimum atomic E-state index is -0.144. The Morgan fingerprint density at radius 3 is 2.77 bits per heavy atom. The topological polar surface area (TPSA) is 94.5 Å². The van der Waals surface area contributed by atoms with Crippen LogP contribution < -0.4 is 5.73 Å². The first-order valence-electron chi connectivity index (χ1n) is 7.34. The Bertz CT molecular complexity index is 695. The van der Waals surface area contributed by atoms with Gasteiger partial charge in [0.2, 0.25) is 0 Å². The van der Waals surface area contributed by atoms with Crippen LogP contribution in [0, 0.1) is 6.92 Å². The first-order chi connectivity index (χ1) is 10.5. The first-order valence-corrected chi connectivity index (χ1v) is 7.34. The number of nitrogens with two attached hydrogens (primary N) is 1. The molecule has 2 heterocycles. The van der Waals surface area contributed by atoms with E-state index < -0.39 is 0 Å². The van der Waals surface area contributed by atoms with Crippen LogP contribution in [0.4, 0.5) is 11.4 Å². The lowest BCUT2D eigenvalue weighted by atomic mass is 10.1. The van der Waals surface area contributed by atoms with E-state index in [9.17, 15) is 9.90 Å².